The zero-order valence-electron chi connectivity index (χ0n) is 8.43. The SMILES string of the molecule is C1CCC(NCC2CCSCC2)C1. The van der Waals surface area contributed by atoms with Crippen molar-refractivity contribution in [2.24, 2.45) is 5.92 Å². The van der Waals surface area contributed by atoms with Crippen molar-refractivity contribution in [2.45, 2.75) is 44.6 Å². The van der Waals surface area contributed by atoms with Crippen LogP contribution in [0.25, 0.3) is 0 Å². The maximum Gasteiger partial charge on any atom is 0.00671 e. The molecule has 2 fully saturated rings. The number of hydrogen-bond acceptors (Lipinski definition) is 2. The first-order valence-corrected chi connectivity index (χ1v) is 6.92. The summed E-state index contributed by atoms with van der Waals surface area (Å²) in [7, 11) is 0. The van der Waals surface area contributed by atoms with Crippen molar-refractivity contribution in [3.05, 3.63) is 0 Å². The van der Waals surface area contributed by atoms with E-state index in [2.05, 4.69) is 17.1 Å². The van der Waals surface area contributed by atoms with Crippen LogP contribution in [0.2, 0.25) is 0 Å². The van der Waals surface area contributed by atoms with Gasteiger partial charge in [-0.25, -0.2) is 0 Å². The van der Waals surface area contributed by atoms with Crippen LogP contribution < -0.4 is 5.32 Å². The second kappa shape index (κ2) is 5.26. The average Bonchev–Trinajstić information content (AvgIpc) is 2.69. The Bertz CT molecular complexity index is 137. The molecule has 1 N–H and O–H groups in total. The average molecular weight is 199 g/mol. The molecule has 0 atom stereocenters. The van der Waals surface area contributed by atoms with Crippen LogP contribution in [0.5, 0.6) is 0 Å². The van der Waals surface area contributed by atoms with Gasteiger partial charge in [0.25, 0.3) is 0 Å². The molecule has 0 radical (unpaired) electrons. The van der Waals surface area contributed by atoms with E-state index in [1.807, 2.05) is 0 Å². The van der Waals surface area contributed by atoms with Gasteiger partial charge in [-0.1, -0.05) is 12.8 Å². The fourth-order valence-electron chi connectivity index (χ4n) is 2.41. The van der Waals surface area contributed by atoms with Crippen molar-refractivity contribution in [1.82, 2.24) is 5.32 Å². The summed E-state index contributed by atoms with van der Waals surface area (Å²) in [5.41, 5.74) is 0. The highest BCUT2D eigenvalue weighted by molar-refractivity contribution is 7.99. The van der Waals surface area contributed by atoms with Crippen LogP contribution in [0.1, 0.15) is 38.5 Å². The Balaban J connectivity index is 1.60. The smallest absolute Gasteiger partial charge is 0.00671 e. The van der Waals surface area contributed by atoms with Gasteiger partial charge in [-0.3, -0.25) is 0 Å². The summed E-state index contributed by atoms with van der Waals surface area (Å²) in [5.74, 6) is 3.79. The van der Waals surface area contributed by atoms with Crippen LogP contribution in [-0.2, 0) is 0 Å². The van der Waals surface area contributed by atoms with Crippen LogP contribution >= 0.6 is 11.8 Å². The maximum absolute atomic E-state index is 3.74. The molecule has 0 aromatic rings. The molecule has 1 saturated carbocycles. The van der Waals surface area contributed by atoms with E-state index < -0.39 is 0 Å². The molecule has 2 aliphatic rings. The van der Waals surface area contributed by atoms with Crippen molar-refractivity contribution >= 4 is 11.8 Å². The van der Waals surface area contributed by atoms with Crippen LogP contribution in [0, 0.1) is 5.92 Å². The van der Waals surface area contributed by atoms with E-state index in [0.717, 1.165) is 12.0 Å². The van der Waals surface area contributed by atoms with Gasteiger partial charge >= 0.3 is 0 Å². The summed E-state index contributed by atoms with van der Waals surface area (Å²) in [6.07, 6.45) is 8.67. The number of thioether (sulfide) groups is 1. The molecule has 1 aliphatic carbocycles. The largest absolute Gasteiger partial charge is 0.314 e. The van der Waals surface area contributed by atoms with Crippen LogP contribution in [0.4, 0.5) is 0 Å². The molecule has 0 unspecified atom stereocenters. The van der Waals surface area contributed by atoms with Gasteiger partial charge in [-0.2, -0.15) is 11.8 Å². The lowest BCUT2D eigenvalue weighted by atomic mass is 10.0. The summed E-state index contributed by atoms with van der Waals surface area (Å²) < 4.78 is 0. The van der Waals surface area contributed by atoms with Gasteiger partial charge in [-0.15, -0.1) is 0 Å². The van der Waals surface area contributed by atoms with Crippen molar-refractivity contribution in [2.75, 3.05) is 18.1 Å². The Morgan fingerprint density at radius 2 is 1.69 bits per heavy atom. The predicted octanol–water partition coefficient (Wildman–Crippen LogP) is 2.66. The molecule has 0 spiro atoms. The lowest BCUT2D eigenvalue weighted by molar-refractivity contribution is 0.408. The van der Waals surface area contributed by atoms with E-state index in [0.29, 0.717) is 0 Å². The molecule has 0 aromatic carbocycles. The molecule has 1 nitrogen and oxygen atoms in total. The van der Waals surface area contributed by atoms with Gasteiger partial charge in [0.05, 0.1) is 0 Å². The Hall–Kier alpha value is 0.310. The molecule has 76 valence electrons. The summed E-state index contributed by atoms with van der Waals surface area (Å²) in [5, 5.41) is 3.74. The Labute approximate surface area is 86.0 Å². The van der Waals surface area contributed by atoms with E-state index in [4.69, 9.17) is 0 Å². The lowest BCUT2D eigenvalue weighted by Crippen LogP contribution is -2.32. The van der Waals surface area contributed by atoms with E-state index in [9.17, 15) is 0 Å². The van der Waals surface area contributed by atoms with E-state index in [1.54, 1.807) is 0 Å². The fraction of sp³-hybridized carbons (Fsp3) is 1.00. The van der Waals surface area contributed by atoms with Gasteiger partial charge < -0.3 is 5.32 Å². The third-order valence-corrected chi connectivity index (χ3v) is 4.44. The van der Waals surface area contributed by atoms with Crippen LogP contribution in [0.3, 0.4) is 0 Å². The molecule has 1 saturated heterocycles. The molecule has 2 heteroatoms. The van der Waals surface area contributed by atoms with Gasteiger partial charge in [0.15, 0.2) is 0 Å². The second-order valence-electron chi connectivity index (χ2n) is 4.45. The van der Waals surface area contributed by atoms with Crippen molar-refractivity contribution < 1.29 is 0 Å². The van der Waals surface area contributed by atoms with Gasteiger partial charge in [-0.05, 0) is 49.7 Å². The maximum atomic E-state index is 3.74. The summed E-state index contributed by atoms with van der Waals surface area (Å²) in [4.78, 5) is 0. The highest BCUT2D eigenvalue weighted by atomic mass is 32.2. The lowest BCUT2D eigenvalue weighted by Gasteiger charge is -2.23. The van der Waals surface area contributed by atoms with Gasteiger partial charge in [0, 0.05) is 6.04 Å². The minimum absolute atomic E-state index is 0.870. The summed E-state index contributed by atoms with van der Waals surface area (Å²) in [6, 6.07) is 0.870. The molecule has 0 aromatic heterocycles. The number of rotatable bonds is 3. The summed E-state index contributed by atoms with van der Waals surface area (Å²) >= 11 is 2.13. The molecule has 0 bridgehead atoms. The van der Waals surface area contributed by atoms with Gasteiger partial charge in [0.1, 0.15) is 0 Å². The quantitative estimate of drug-likeness (QED) is 0.750. The molecular formula is C11H21NS. The van der Waals surface area contributed by atoms with Crippen molar-refractivity contribution in [1.29, 1.82) is 0 Å². The first-order chi connectivity index (χ1) is 6.45. The standard InChI is InChI=1S/C11H21NS/c1-2-4-11(3-1)12-9-10-5-7-13-8-6-10/h10-12H,1-9H2. The molecule has 0 amide bonds. The normalized spacial score (nSPS) is 26.8. The monoisotopic (exact) mass is 199 g/mol. The number of nitrogens with one attached hydrogen (secondary N) is 1. The molecule has 2 rings (SSSR count). The molecule has 1 heterocycles. The Kier molecular flexibility index (Phi) is 3.98. The zero-order chi connectivity index (χ0) is 8.93. The van der Waals surface area contributed by atoms with Crippen LogP contribution in [-0.4, -0.2) is 24.1 Å². The van der Waals surface area contributed by atoms with Crippen LogP contribution in [0.15, 0.2) is 0 Å². The molecular weight excluding hydrogens is 178 g/mol. The fourth-order valence-corrected chi connectivity index (χ4v) is 3.62. The minimum Gasteiger partial charge on any atom is -0.314 e. The highest BCUT2D eigenvalue weighted by Crippen LogP contribution is 2.23. The van der Waals surface area contributed by atoms with Crippen molar-refractivity contribution in [3.8, 4) is 0 Å². The van der Waals surface area contributed by atoms with Crippen molar-refractivity contribution in [3.63, 3.8) is 0 Å². The highest BCUT2D eigenvalue weighted by Gasteiger charge is 2.17. The third kappa shape index (κ3) is 3.17. The molecule has 1 aliphatic heterocycles. The predicted molar refractivity (Wildman–Crippen MR) is 60.3 cm³/mol. The van der Waals surface area contributed by atoms with E-state index in [1.165, 1.54) is 56.6 Å². The Morgan fingerprint density at radius 1 is 1.00 bits per heavy atom. The topological polar surface area (TPSA) is 12.0 Å². The van der Waals surface area contributed by atoms with Gasteiger partial charge in [0.2, 0.25) is 0 Å². The number of hydrogen-bond donors (Lipinski definition) is 1. The Morgan fingerprint density at radius 3 is 2.38 bits per heavy atom. The zero-order valence-corrected chi connectivity index (χ0v) is 9.24. The first kappa shape index (κ1) is 9.85. The third-order valence-electron chi connectivity index (χ3n) is 3.39. The summed E-state index contributed by atoms with van der Waals surface area (Å²) in [6.45, 7) is 1.30. The minimum atomic E-state index is 0.870. The second-order valence-corrected chi connectivity index (χ2v) is 5.67. The molecule has 13 heavy (non-hydrogen) atoms. The van der Waals surface area contributed by atoms with E-state index in [-0.39, 0.29) is 0 Å². The van der Waals surface area contributed by atoms with E-state index >= 15 is 0 Å². The first-order valence-electron chi connectivity index (χ1n) is 5.76.